The van der Waals surface area contributed by atoms with Crippen molar-refractivity contribution < 1.29 is 4.74 Å². The normalized spacial score (nSPS) is 10.6. The van der Waals surface area contributed by atoms with E-state index in [0.29, 0.717) is 33.1 Å². The number of hydrogen-bond donors (Lipinski definition) is 1. The van der Waals surface area contributed by atoms with Gasteiger partial charge in [-0.25, -0.2) is 0 Å². The fourth-order valence-electron chi connectivity index (χ4n) is 1.49. The van der Waals surface area contributed by atoms with Crippen LogP contribution in [0.3, 0.4) is 0 Å². The highest BCUT2D eigenvalue weighted by Gasteiger charge is 2.10. The molecule has 19 heavy (non-hydrogen) atoms. The lowest BCUT2D eigenvalue weighted by atomic mass is 10.2. The van der Waals surface area contributed by atoms with E-state index in [0.717, 1.165) is 10.0 Å². The SMILES string of the molecule is NCc1ccc(Br)cc1Oc1cc(Cl)c(Cl)cc1Cl. The molecule has 0 aliphatic rings. The van der Waals surface area contributed by atoms with Gasteiger partial charge in [-0.05, 0) is 18.2 Å². The molecular weight excluding hydrogens is 372 g/mol. The van der Waals surface area contributed by atoms with Crippen molar-refractivity contribution in [3.63, 3.8) is 0 Å². The van der Waals surface area contributed by atoms with Crippen LogP contribution < -0.4 is 10.5 Å². The van der Waals surface area contributed by atoms with Gasteiger partial charge in [0, 0.05) is 22.6 Å². The van der Waals surface area contributed by atoms with Gasteiger partial charge >= 0.3 is 0 Å². The predicted molar refractivity (Wildman–Crippen MR) is 83.6 cm³/mol. The molecule has 0 bridgehead atoms. The van der Waals surface area contributed by atoms with E-state index < -0.39 is 0 Å². The summed E-state index contributed by atoms with van der Waals surface area (Å²) < 4.78 is 6.65. The van der Waals surface area contributed by atoms with Gasteiger partial charge in [-0.15, -0.1) is 0 Å². The molecule has 0 heterocycles. The molecule has 0 radical (unpaired) electrons. The lowest BCUT2D eigenvalue weighted by Crippen LogP contribution is -1.99. The molecular formula is C13H9BrCl3NO. The van der Waals surface area contributed by atoms with Gasteiger partial charge in [-0.3, -0.25) is 0 Å². The summed E-state index contributed by atoms with van der Waals surface area (Å²) in [4.78, 5) is 0. The van der Waals surface area contributed by atoms with E-state index in [9.17, 15) is 0 Å². The van der Waals surface area contributed by atoms with E-state index in [1.54, 1.807) is 12.1 Å². The lowest BCUT2D eigenvalue weighted by Gasteiger charge is -2.12. The molecule has 0 unspecified atom stereocenters. The van der Waals surface area contributed by atoms with Gasteiger partial charge in [-0.1, -0.05) is 56.8 Å². The molecule has 2 aromatic carbocycles. The summed E-state index contributed by atoms with van der Waals surface area (Å²) in [5.74, 6) is 1.06. The molecule has 2 nitrogen and oxygen atoms in total. The fourth-order valence-corrected chi connectivity index (χ4v) is 2.41. The highest BCUT2D eigenvalue weighted by molar-refractivity contribution is 9.10. The zero-order valence-electron chi connectivity index (χ0n) is 9.59. The van der Waals surface area contributed by atoms with Crippen molar-refractivity contribution in [3.05, 3.63) is 55.4 Å². The van der Waals surface area contributed by atoms with Crippen molar-refractivity contribution in [2.45, 2.75) is 6.54 Å². The summed E-state index contributed by atoms with van der Waals surface area (Å²) >= 11 is 21.3. The minimum atomic E-state index is 0.363. The highest BCUT2D eigenvalue weighted by Crippen LogP contribution is 2.37. The number of halogens is 4. The third-order valence-electron chi connectivity index (χ3n) is 2.44. The Bertz CT molecular complexity index is 619. The van der Waals surface area contributed by atoms with E-state index in [1.807, 2.05) is 18.2 Å². The zero-order chi connectivity index (χ0) is 14.0. The second-order valence-corrected chi connectivity index (χ2v) is 5.89. The summed E-state index contributed by atoms with van der Waals surface area (Å²) in [5, 5.41) is 1.15. The Morgan fingerprint density at radius 2 is 1.63 bits per heavy atom. The molecule has 100 valence electrons. The Kier molecular flexibility index (Phi) is 4.98. The van der Waals surface area contributed by atoms with Crippen LogP contribution in [0.5, 0.6) is 11.5 Å². The molecule has 0 aliphatic heterocycles. The van der Waals surface area contributed by atoms with Gasteiger partial charge in [0.15, 0.2) is 0 Å². The molecule has 2 N–H and O–H groups in total. The summed E-state index contributed by atoms with van der Waals surface area (Å²) in [5.41, 5.74) is 6.54. The molecule has 0 spiro atoms. The molecule has 6 heteroatoms. The molecule has 0 aliphatic carbocycles. The summed E-state index contributed by atoms with van der Waals surface area (Å²) in [6.07, 6.45) is 0. The van der Waals surface area contributed by atoms with Crippen molar-refractivity contribution in [1.29, 1.82) is 0 Å². The van der Waals surface area contributed by atoms with Gasteiger partial charge in [0.05, 0.1) is 15.1 Å². The number of benzene rings is 2. The van der Waals surface area contributed by atoms with Gasteiger partial charge in [0.1, 0.15) is 11.5 Å². The van der Waals surface area contributed by atoms with Crippen molar-refractivity contribution in [2.75, 3.05) is 0 Å². The topological polar surface area (TPSA) is 35.2 Å². The standard InChI is InChI=1S/C13H9BrCl3NO/c14-8-2-1-7(6-18)12(3-8)19-13-5-10(16)9(15)4-11(13)17/h1-5H,6,18H2. The maximum absolute atomic E-state index is 6.08. The zero-order valence-corrected chi connectivity index (χ0v) is 13.4. The van der Waals surface area contributed by atoms with E-state index in [2.05, 4.69) is 15.9 Å². The van der Waals surface area contributed by atoms with Crippen LogP contribution in [0, 0.1) is 0 Å². The third kappa shape index (κ3) is 3.56. The van der Waals surface area contributed by atoms with Gasteiger partial charge in [0.2, 0.25) is 0 Å². The van der Waals surface area contributed by atoms with Gasteiger partial charge in [-0.2, -0.15) is 0 Å². The van der Waals surface area contributed by atoms with E-state index in [1.165, 1.54) is 0 Å². The molecule has 0 amide bonds. The van der Waals surface area contributed by atoms with Crippen LogP contribution >= 0.6 is 50.7 Å². The molecule has 2 rings (SSSR count). The Morgan fingerprint density at radius 3 is 2.32 bits per heavy atom. The fraction of sp³-hybridized carbons (Fsp3) is 0.0769. The Hall–Kier alpha value is -0.450. The largest absolute Gasteiger partial charge is 0.455 e. The number of hydrogen-bond acceptors (Lipinski definition) is 2. The first-order valence-electron chi connectivity index (χ1n) is 5.32. The lowest BCUT2D eigenvalue weighted by molar-refractivity contribution is 0.476. The summed E-state index contributed by atoms with van der Waals surface area (Å²) in [6, 6.07) is 8.71. The summed E-state index contributed by atoms with van der Waals surface area (Å²) in [7, 11) is 0. The second kappa shape index (κ2) is 6.33. The smallest absolute Gasteiger partial charge is 0.147 e. The van der Waals surface area contributed by atoms with Crippen molar-refractivity contribution in [3.8, 4) is 11.5 Å². The third-order valence-corrected chi connectivity index (χ3v) is 3.95. The molecule has 0 saturated heterocycles. The number of rotatable bonds is 3. The van der Waals surface area contributed by atoms with Crippen LogP contribution in [0.15, 0.2) is 34.8 Å². The maximum Gasteiger partial charge on any atom is 0.147 e. The van der Waals surface area contributed by atoms with Crippen LogP contribution in [-0.4, -0.2) is 0 Å². The Labute approximate surface area is 134 Å². The first-order chi connectivity index (χ1) is 9.01. The molecule has 0 aromatic heterocycles. The van der Waals surface area contributed by atoms with Crippen LogP contribution in [0.2, 0.25) is 15.1 Å². The van der Waals surface area contributed by atoms with Crippen LogP contribution in [0.4, 0.5) is 0 Å². The van der Waals surface area contributed by atoms with E-state index >= 15 is 0 Å². The molecule has 0 atom stereocenters. The Balaban J connectivity index is 2.41. The quantitative estimate of drug-likeness (QED) is 0.696. The van der Waals surface area contributed by atoms with E-state index in [-0.39, 0.29) is 0 Å². The number of ether oxygens (including phenoxy) is 1. The van der Waals surface area contributed by atoms with Crippen molar-refractivity contribution in [2.24, 2.45) is 5.73 Å². The first-order valence-corrected chi connectivity index (χ1v) is 7.25. The average molecular weight is 381 g/mol. The van der Waals surface area contributed by atoms with Crippen LogP contribution in [-0.2, 0) is 6.54 Å². The van der Waals surface area contributed by atoms with Crippen molar-refractivity contribution in [1.82, 2.24) is 0 Å². The van der Waals surface area contributed by atoms with Crippen LogP contribution in [0.1, 0.15) is 5.56 Å². The van der Waals surface area contributed by atoms with Gasteiger partial charge < -0.3 is 10.5 Å². The average Bonchev–Trinajstić information content (AvgIpc) is 2.36. The van der Waals surface area contributed by atoms with Crippen molar-refractivity contribution >= 4 is 50.7 Å². The minimum Gasteiger partial charge on any atom is -0.455 e. The molecule has 2 aromatic rings. The minimum absolute atomic E-state index is 0.363. The van der Waals surface area contributed by atoms with E-state index in [4.69, 9.17) is 45.3 Å². The second-order valence-electron chi connectivity index (χ2n) is 3.75. The predicted octanol–water partition coefficient (Wildman–Crippen LogP) is 5.66. The molecule has 0 fully saturated rings. The van der Waals surface area contributed by atoms with Crippen LogP contribution in [0.25, 0.3) is 0 Å². The maximum atomic E-state index is 6.08. The van der Waals surface area contributed by atoms with Gasteiger partial charge in [0.25, 0.3) is 0 Å². The highest BCUT2D eigenvalue weighted by atomic mass is 79.9. The molecule has 0 saturated carbocycles. The summed E-state index contributed by atoms with van der Waals surface area (Å²) in [6.45, 7) is 0.363. The number of nitrogens with two attached hydrogens (primary N) is 1. The monoisotopic (exact) mass is 379 g/mol. The first kappa shape index (κ1) is 14.9. The Morgan fingerprint density at radius 1 is 0.947 bits per heavy atom.